The van der Waals surface area contributed by atoms with Crippen molar-refractivity contribution >= 4 is 16.2 Å². The Balaban J connectivity index is 0. The molecular formula is C2H4KNO4S. The van der Waals surface area contributed by atoms with Gasteiger partial charge in [0.25, 0.3) is 0 Å². The molecule has 0 saturated carbocycles. The maximum Gasteiger partial charge on any atom is 1.00 e. The fraction of sp³-hybridized carbons (Fsp3) is 0.500. The number of carbonyl (C=O) groups is 1. The minimum atomic E-state index is -4.57. The van der Waals surface area contributed by atoms with Crippen molar-refractivity contribution in [1.29, 1.82) is 0 Å². The summed E-state index contributed by atoms with van der Waals surface area (Å²) >= 11 is 0. The molecule has 0 bridgehead atoms. The first-order chi connectivity index (χ1) is 3.42. The van der Waals surface area contributed by atoms with Crippen LogP contribution in [0.5, 0.6) is 0 Å². The first-order valence-electron chi connectivity index (χ1n) is 1.66. The molecule has 1 N–H and O–H groups in total. The fourth-order valence-electron chi connectivity index (χ4n) is 0.176. The topological polar surface area (TPSA) is 86.3 Å². The molecule has 0 spiro atoms. The second-order valence-electron chi connectivity index (χ2n) is 1.11. The molecule has 0 rings (SSSR count). The monoisotopic (exact) mass is 177 g/mol. The average molecular weight is 177 g/mol. The predicted octanol–water partition coefficient (Wildman–Crippen LogP) is -4.41. The summed E-state index contributed by atoms with van der Waals surface area (Å²) in [5.74, 6) is -0.875. The molecule has 9 heavy (non-hydrogen) atoms. The van der Waals surface area contributed by atoms with E-state index < -0.39 is 16.2 Å². The molecule has 0 saturated heterocycles. The number of hydrogen-bond donors (Lipinski definition) is 1. The van der Waals surface area contributed by atoms with Crippen molar-refractivity contribution < 1.29 is 69.1 Å². The average Bonchev–Trinajstić information content (AvgIpc) is 1.21. The van der Waals surface area contributed by atoms with Crippen LogP contribution in [0.4, 0.5) is 0 Å². The van der Waals surface area contributed by atoms with Gasteiger partial charge in [-0.25, -0.2) is 8.42 Å². The quantitative estimate of drug-likeness (QED) is 0.323. The van der Waals surface area contributed by atoms with Gasteiger partial charge in [-0.05, 0) is 0 Å². The van der Waals surface area contributed by atoms with Gasteiger partial charge in [-0.1, -0.05) is 0 Å². The molecule has 0 aromatic heterocycles. The van der Waals surface area contributed by atoms with Crippen molar-refractivity contribution in [3.63, 3.8) is 0 Å². The molecule has 7 heteroatoms. The van der Waals surface area contributed by atoms with Crippen molar-refractivity contribution in [3.8, 4) is 0 Å². The third-order valence-electron chi connectivity index (χ3n) is 0.269. The molecule has 0 unspecified atom stereocenters. The van der Waals surface area contributed by atoms with E-state index in [2.05, 4.69) is 0 Å². The molecule has 0 aromatic rings. The zero-order valence-corrected chi connectivity index (χ0v) is 8.98. The predicted molar refractivity (Wildman–Crippen MR) is 23.5 cm³/mol. The Morgan fingerprint density at radius 2 is 1.89 bits per heavy atom. The van der Waals surface area contributed by atoms with Crippen LogP contribution in [0.3, 0.4) is 0 Å². The zero-order chi connectivity index (χ0) is 6.78. The molecular weight excluding hydrogens is 173 g/mol. The van der Waals surface area contributed by atoms with E-state index in [0.29, 0.717) is 0 Å². The summed E-state index contributed by atoms with van der Waals surface area (Å²) in [6, 6.07) is 0. The number of nitrogens with one attached hydrogen (secondary N) is 1. The van der Waals surface area contributed by atoms with Gasteiger partial charge >= 0.3 is 51.4 Å². The summed E-state index contributed by atoms with van der Waals surface area (Å²) in [5.41, 5.74) is 0. The molecule has 0 aliphatic heterocycles. The van der Waals surface area contributed by atoms with E-state index in [9.17, 15) is 17.8 Å². The van der Waals surface area contributed by atoms with Gasteiger partial charge in [-0.3, -0.25) is 9.52 Å². The second-order valence-corrected chi connectivity index (χ2v) is 2.22. The minimum absolute atomic E-state index is 0. The summed E-state index contributed by atoms with van der Waals surface area (Å²) in [6.45, 7) is 0.940. The van der Waals surface area contributed by atoms with Crippen LogP contribution in [0, 0.1) is 0 Å². The summed E-state index contributed by atoms with van der Waals surface area (Å²) in [4.78, 5) is 9.77. The Kier molecular flexibility index (Phi) is 6.72. The van der Waals surface area contributed by atoms with E-state index in [4.69, 9.17) is 0 Å². The first-order valence-corrected chi connectivity index (χ1v) is 3.07. The third-order valence-corrected chi connectivity index (χ3v) is 0.806. The van der Waals surface area contributed by atoms with E-state index in [0.717, 1.165) is 11.6 Å². The van der Waals surface area contributed by atoms with Gasteiger partial charge in [0.05, 0.1) is 0 Å². The fourth-order valence-corrected chi connectivity index (χ4v) is 0.528. The second kappa shape index (κ2) is 4.77. The molecule has 0 heterocycles. The van der Waals surface area contributed by atoms with Gasteiger partial charge < -0.3 is 4.55 Å². The largest absolute Gasteiger partial charge is 1.00 e. The van der Waals surface area contributed by atoms with Crippen molar-refractivity contribution in [2.45, 2.75) is 6.92 Å². The summed E-state index contributed by atoms with van der Waals surface area (Å²) in [6.07, 6.45) is 0. The van der Waals surface area contributed by atoms with Gasteiger partial charge in [0.15, 0.2) is 10.3 Å². The SMILES string of the molecule is CC(=O)NS(=O)(=O)[O-].[K+]. The van der Waals surface area contributed by atoms with E-state index in [1.807, 2.05) is 0 Å². The van der Waals surface area contributed by atoms with Crippen LogP contribution in [-0.4, -0.2) is 18.9 Å². The van der Waals surface area contributed by atoms with Crippen LogP contribution in [0.15, 0.2) is 0 Å². The van der Waals surface area contributed by atoms with Crippen LogP contribution in [0.2, 0.25) is 0 Å². The summed E-state index contributed by atoms with van der Waals surface area (Å²) < 4.78 is 29.8. The number of amides is 1. The number of carbonyl (C=O) groups excluding carboxylic acids is 1. The van der Waals surface area contributed by atoms with Crippen LogP contribution in [-0.2, 0) is 15.1 Å². The van der Waals surface area contributed by atoms with Gasteiger partial charge in [0.2, 0.25) is 5.91 Å². The maximum absolute atomic E-state index is 9.77. The minimum Gasteiger partial charge on any atom is -0.731 e. The van der Waals surface area contributed by atoms with E-state index in [1.165, 1.54) is 0 Å². The molecule has 5 nitrogen and oxygen atoms in total. The van der Waals surface area contributed by atoms with E-state index >= 15 is 0 Å². The summed E-state index contributed by atoms with van der Waals surface area (Å²) in [5, 5.41) is 0. The molecule has 0 aliphatic rings. The van der Waals surface area contributed by atoms with E-state index in [1.54, 1.807) is 0 Å². The van der Waals surface area contributed by atoms with Gasteiger partial charge in [0, 0.05) is 6.92 Å². The van der Waals surface area contributed by atoms with Crippen molar-refractivity contribution in [1.82, 2.24) is 4.72 Å². The molecule has 0 fully saturated rings. The first kappa shape index (κ1) is 12.7. The molecule has 1 amide bonds. The number of hydrogen-bond acceptors (Lipinski definition) is 4. The van der Waals surface area contributed by atoms with Crippen LogP contribution < -0.4 is 56.1 Å². The standard InChI is InChI=1S/C2H5NO4S.K/c1-2(4)3-8(5,6)7;/h1H3,(H,3,4)(H,5,6,7);/q;+1/p-1. The van der Waals surface area contributed by atoms with Crippen molar-refractivity contribution in [2.24, 2.45) is 0 Å². The Bertz CT molecular complexity index is 185. The molecule has 0 aliphatic carbocycles. The zero-order valence-electron chi connectivity index (χ0n) is 5.04. The van der Waals surface area contributed by atoms with Gasteiger partial charge in [-0.2, -0.15) is 0 Å². The van der Waals surface area contributed by atoms with Crippen molar-refractivity contribution in [2.75, 3.05) is 0 Å². The Morgan fingerprint density at radius 3 is 1.89 bits per heavy atom. The molecule has 0 radical (unpaired) electrons. The Morgan fingerprint density at radius 1 is 1.56 bits per heavy atom. The van der Waals surface area contributed by atoms with Crippen LogP contribution in [0.1, 0.15) is 6.92 Å². The molecule has 48 valence electrons. The van der Waals surface area contributed by atoms with Crippen molar-refractivity contribution in [3.05, 3.63) is 0 Å². The van der Waals surface area contributed by atoms with Crippen LogP contribution in [0.25, 0.3) is 0 Å². The third kappa shape index (κ3) is 12.3. The molecule has 0 aromatic carbocycles. The van der Waals surface area contributed by atoms with E-state index in [-0.39, 0.29) is 51.4 Å². The van der Waals surface area contributed by atoms with Gasteiger partial charge in [0.1, 0.15) is 0 Å². The Hall–Kier alpha value is 1.02. The molecule has 0 atom stereocenters. The van der Waals surface area contributed by atoms with Gasteiger partial charge in [-0.15, -0.1) is 0 Å². The Labute approximate surface area is 95.5 Å². The summed E-state index contributed by atoms with van der Waals surface area (Å²) in [7, 11) is -4.57. The maximum atomic E-state index is 9.77. The van der Waals surface area contributed by atoms with Crippen LogP contribution >= 0.6 is 0 Å². The normalized spacial score (nSPS) is 9.56. The smallest absolute Gasteiger partial charge is 0.731 e. The number of rotatable bonds is 1.